The molecule has 1 aliphatic carbocycles. The summed E-state index contributed by atoms with van der Waals surface area (Å²) < 4.78 is 1.27. The first kappa shape index (κ1) is 7.07. The minimum atomic E-state index is 0.726. The SMILES string of the molecule is CC1=C(Br)C=CCC1C. The van der Waals surface area contributed by atoms with E-state index in [9.17, 15) is 0 Å². The molecule has 0 aromatic heterocycles. The van der Waals surface area contributed by atoms with Gasteiger partial charge in [-0.3, -0.25) is 0 Å². The predicted octanol–water partition coefficient (Wildman–Crippen LogP) is 3.25. The molecule has 9 heavy (non-hydrogen) atoms. The van der Waals surface area contributed by atoms with Gasteiger partial charge < -0.3 is 0 Å². The second-order valence-corrected chi connectivity index (χ2v) is 3.42. The first-order valence-electron chi connectivity index (χ1n) is 3.24. The van der Waals surface area contributed by atoms with Gasteiger partial charge in [0.2, 0.25) is 0 Å². The Bertz CT molecular complexity index is 165. The fourth-order valence-electron chi connectivity index (χ4n) is 0.919. The molecule has 0 bridgehead atoms. The van der Waals surface area contributed by atoms with E-state index >= 15 is 0 Å². The van der Waals surface area contributed by atoms with Crippen molar-refractivity contribution in [2.45, 2.75) is 20.3 Å². The van der Waals surface area contributed by atoms with Crippen LogP contribution in [0.1, 0.15) is 20.3 Å². The van der Waals surface area contributed by atoms with Crippen LogP contribution in [0, 0.1) is 5.92 Å². The largest absolute Gasteiger partial charge is 0.0828 e. The zero-order valence-electron chi connectivity index (χ0n) is 5.82. The Labute approximate surface area is 64.8 Å². The van der Waals surface area contributed by atoms with Crippen LogP contribution in [-0.2, 0) is 0 Å². The highest BCUT2D eigenvalue weighted by molar-refractivity contribution is 9.11. The van der Waals surface area contributed by atoms with Gasteiger partial charge in [-0.2, -0.15) is 0 Å². The van der Waals surface area contributed by atoms with Crippen LogP contribution in [0.2, 0.25) is 0 Å². The molecule has 0 N–H and O–H groups in total. The average molecular weight is 187 g/mol. The first-order valence-corrected chi connectivity index (χ1v) is 4.04. The van der Waals surface area contributed by atoms with Crippen molar-refractivity contribution in [3.05, 3.63) is 22.2 Å². The smallest absolute Gasteiger partial charge is 0.0164 e. The van der Waals surface area contributed by atoms with Crippen LogP contribution in [0.3, 0.4) is 0 Å². The molecule has 1 unspecified atom stereocenters. The normalized spacial score (nSPS) is 27.2. The Morgan fingerprint density at radius 1 is 1.67 bits per heavy atom. The van der Waals surface area contributed by atoms with Crippen molar-refractivity contribution in [2.24, 2.45) is 5.92 Å². The van der Waals surface area contributed by atoms with Gasteiger partial charge >= 0.3 is 0 Å². The van der Waals surface area contributed by atoms with E-state index in [4.69, 9.17) is 0 Å². The van der Waals surface area contributed by atoms with Crippen molar-refractivity contribution in [3.63, 3.8) is 0 Å². The van der Waals surface area contributed by atoms with Gasteiger partial charge in [0.1, 0.15) is 0 Å². The molecular formula is C8H11Br. The maximum atomic E-state index is 3.49. The zero-order chi connectivity index (χ0) is 6.85. The van der Waals surface area contributed by atoms with E-state index in [1.54, 1.807) is 0 Å². The van der Waals surface area contributed by atoms with Gasteiger partial charge in [0.05, 0.1) is 0 Å². The molecular weight excluding hydrogens is 176 g/mol. The van der Waals surface area contributed by atoms with Crippen molar-refractivity contribution in [2.75, 3.05) is 0 Å². The van der Waals surface area contributed by atoms with Gasteiger partial charge in [0.25, 0.3) is 0 Å². The Morgan fingerprint density at radius 3 is 2.78 bits per heavy atom. The molecule has 0 saturated heterocycles. The molecule has 0 heterocycles. The Hall–Kier alpha value is -0.0400. The fraction of sp³-hybridized carbons (Fsp3) is 0.500. The Morgan fingerprint density at radius 2 is 2.33 bits per heavy atom. The van der Waals surface area contributed by atoms with E-state index in [0.717, 1.165) is 5.92 Å². The molecule has 0 spiro atoms. The lowest BCUT2D eigenvalue weighted by Crippen LogP contribution is -1.99. The highest BCUT2D eigenvalue weighted by Gasteiger charge is 2.08. The summed E-state index contributed by atoms with van der Waals surface area (Å²) in [5, 5.41) is 0. The predicted molar refractivity (Wildman–Crippen MR) is 44.5 cm³/mol. The van der Waals surface area contributed by atoms with E-state index in [0.29, 0.717) is 0 Å². The highest BCUT2D eigenvalue weighted by atomic mass is 79.9. The third kappa shape index (κ3) is 1.45. The van der Waals surface area contributed by atoms with E-state index in [1.807, 2.05) is 0 Å². The number of halogens is 1. The first-order chi connectivity index (χ1) is 4.22. The third-order valence-corrected chi connectivity index (χ3v) is 2.76. The maximum Gasteiger partial charge on any atom is 0.0164 e. The lowest BCUT2D eigenvalue weighted by molar-refractivity contribution is 0.685. The summed E-state index contributed by atoms with van der Waals surface area (Å²) in [7, 11) is 0. The van der Waals surface area contributed by atoms with Crippen LogP contribution in [-0.4, -0.2) is 0 Å². The third-order valence-electron chi connectivity index (χ3n) is 1.87. The molecule has 0 fully saturated rings. The molecule has 0 saturated carbocycles. The molecule has 1 atom stereocenters. The average Bonchev–Trinajstić information content (AvgIpc) is 1.83. The van der Waals surface area contributed by atoms with Crippen molar-refractivity contribution in [1.29, 1.82) is 0 Å². The summed E-state index contributed by atoms with van der Waals surface area (Å²) in [5.41, 5.74) is 1.47. The van der Waals surface area contributed by atoms with Gasteiger partial charge in [0.15, 0.2) is 0 Å². The van der Waals surface area contributed by atoms with Crippen LogP contribution in [0.4, 0.5) is 0 Å². The van der Waals surface area contributed by atoms with Crippen LogP contribution in [0.5, 0.6) is 0 Å². The standard InChI is InChI=1S/C8H11Br/c1-6-4-3-5-8(9)7(6)2/h3,5-6H,4H2,1-2H3. The number of hydrogen-bond donors (Lipinski definition) is 0. The second kappa shape index (κ2) is 2.70. The molecule has 0 aromatic rings. The molecule has 1 rings (SSSR count). The lowest BCUT2D eigenvalue weighted by Gasteiger charge is -2.14. The van der Waals surface area contributed by atoms with Crippen molar-refractivity contribution >= 4 is 15.9 Å². The van der Waals surface area contributed by atoms with E-state index < -0.39 is 0 Å². The fourth-order valence-corrected chi connectivity index (χ4v) is 1.50. The van der Waals surface area contributed by atoms with Crippen molar-refractivity contribution in [1.82, 2.24) is 0 Å². The van der Waals surface area contributed by atoms with Crippen LogP contribution < -0.4 is 0 Å². The van der Waals surface area contributed by atoms with E-state index in [1.165, 1.54) is 16.5 Å². The number of allylic oxidation sites excluding steroid dienone is 4. The van der Waals surface area contributed by atoms with Crippen LogP contribution in [0.15, 0.2) is 22.2 Å². The Kier molecular flexibility index (Phi) is 2.12. The molecule has 0 nitrogen and oxygen atoms in total. The molecule has 0 aliphatic heterocycles. The minimum Gasteiger partial charge on any atom is -0.0828 e. The zero-order valence-corrected chi connectivity index (χ0v) is 7.40. The molecule has 0 radical (unpaired) electrons. The number of rotatable bonds is 0. The van der Waals surface area contributed by atoms with Gasteiger partial charge in [-0.1, -0.05) is 40.6 Å². The minimum absolute atomic E-state index is 0.726. The van der Waals surface area contributed by atoms with Gasteiger partial charge in [-0.25, -0.2) is 0 Å². The van der Waals surface area contributed by atoms with Gasteiger partial charge in [0, 0.05) is 4.48 Å². The molecule has 1 aliphatic rings. The van der Waals surface area contributed by atoms with E-state index in [2.05, 4.69) is 41.9 Å². The van der Waals surface area contributed by atoms with Crippen LogP contribution >= 0.6 is 15.9 Å². The summed E-state index contributed by atoms with van der Waals surface area (Å²) in [6.07, 6.45) is 5.54. The Balaban J connectivity index is 2.83. The second-order valence-electron chi connectivity index (χ2n) is 2.57. The summed E-state index contributed by atoms with van der Waals surface area (Å²) in [4.78, 5) is 0. The van der Waals surface area contributed by atoms with Crippen molar-refractivity contribution in [3.8, 4) is 0 Å². The monoisotopic (exact) mass is 186 g/mol. The summed E-state index contributed by atoms with van der Waals surface area (Å²) >= 11 is 3.49. The van der Waals surface area contributed by atoms with E-state index in [-0.39, 0.29) is 0 Å². The topological polar surface area (TPSA) is 0 Å². The molecule has 1 heteroatoms. The number of hydrogen-bond acceptors (Lipinski definition) is 0. The summed E-state index contributed by atoms with van der Waals surface area (Å²) in [5.74, 6) is 0.726. The van der Waals surface area contributed by atoms with Gasteiger partial charge in [-0.15, -0.1) is 0 Å². The van der Waals surface area contributed by atoms with Gasteiger partial charge in [-0.05, 0) is 19.3 Å². The highest BCUT2D eigenvalue weighted by Crippen LogP contribution is 2.27. The molecule has 0 aromatic carbocycles. The quantitative estimate of drug-likeness (QED) is 0.546. The maximum absolute atomic E-state index is 3.49. The van der Waals surface area contributed by atoms with Crippen LogP contribution in [0.25, 0.3) is 0 Å². The lowest BCUT2D eigenvalue weighted by atomic mass is 9.95. The molecule has 50 valence electrons. The van der Waals surface area contributed by atoms with Crippen molar-refractivity contribution < 1.29 is 0 Å². The summed E-state index contributed by atoms with van der Waals surface area (Å²) in [6, 6.07) is 0. The summed E-state index contributed by atoms with van der Waals surface area (Å²) in [6.45, 7) is 4.43. The molecule has 0 amide bonds.